The number of halogens is 1. The molecular formula is C4H9ClN2O. The van der Waals surface area contributed by atoms with E-state index in [0.29, 0.717) is 0 Å². The Labute approximate surface area is 53.5 Å². The highest BCUT2D eigenvalue weighted by Gasteiger charge is 1.96. The Bertz CT molecular complexity index is 84.1. The summed E-state index contributed by atoms with van der Waals surface area (Å²) < 4.78 is 0. The van der Waals surface area contributed by atoms with Crippen LogP contribution in [-0.2, 0) is 0 Å². The third-order valence-electron chi connectivity index (χ3n) is 0.506. The monoisotopic (exact) mass is 136 g/mol. The summed E-state index contributed by atoms with van der Waals surface area (Å²) in [5.41, 5.74) is 0. The zero-order valence-electron chi connectivity index (χ0n) is 4.86. The Kier molecular flexibility index (Phi) is 3.35. The molecule has 0 heterocycles. The summed E-state index contributed by atoms with van der Waals surface area (Å²) in [4.78, 5) is 12.2. The quantitative estimate of drug-likeness (QED) is 0.516. The van der Waals surface area contributed by atoms with Crippen molar-refractivity contribution in [3.8, 4) is 0 Å². The van der Waals surface area contributed by atoms with E-state index in [1.807, 2.05) is 18.7 Å². The van der Waals surface area contributed by atoms with Crippen LogP contribution in [-0.4, -0.2) is 12.1 Å². The smallest absolute Gasteiger partial charge is 0.329 e. The SMILES string of the molecule is CC(C)NC(=O)NCl. The molecule has 0 aromatic carbocycles. The van der Waals surface area contributed by atoms with Gasteiger partial charge in [-0.15, -0.1) is 0 Å². The Balaban J connectivity index is 3.25. The van der Waals surface area contributed by atoms with E-state index < -0.39 is 0 Å². The van der Waals surface area contributed by atoms with Gasteiger partial charge in [0.2, 0.25) is 0 Å². The lowest BCUT2D eigenvalue weighted by molar-refractivity contribution is 0.244. The normalized spacial score (nSPS) is 9.00. The first kappa shape index (κ1) is 7.56. The summed E-state index contributed by atoms with van der Waals surface area (Å²) in [6.07, 6.45) is 0. The van der Waals surface area contributed by atoms with Crippen molar-refractivity contribution in [2.24, 2.45) is 0 Å². The van der Waals surface area contributed by atoms with Crippen LogP contribution >= 0.6 is 11.8 Å². The highest BCUT2D eigenvalue weighted by molar-refractivity contribution is 6.21. The van der Waals surface area contributed by atoms with Gasteiger partial charge in [-0.2, -0.15) is 0 Å². The van der Waals surface area contributed by atoms with Gasteiger partial charge in [-0.3, -0.25) is 0 Å². The molecule has 0 spiro atoms. The zero-order valence-corrected chi connectivity index (χ0v) is 5.62. The average molecular weight is 137 g/mol. The summed E-state index contributed by atoms with van der Waals surface area (Å²) in [6.45, 7) is 3.71. The summed E-state index contributed by atoms with van der Waals surface area (Å²) in [6, 6.07) is -0.226. The van der Waals surface area contributed by atoms with Crippen molar-refractivity contribution in [3.63, 3.8) is 0 Å². The van der Waals surface area contributed by atoms with Crippen molar-refractivity contribution in [2.45, 2.75) is 19.9 Å². The molecule has 2 N–H and O–H groups in total. The lowest BCUT2D eigenvalue weighted by Crippen LogP contribution is -2.34. The fourth-order valence-electron chi connectivity index (χ4n) is 0.289. The molecule has 2 amide bonds. The van der Waals surface area contributed by atoms with Crippen LogP contribution in [0.1, 0.15) is 13.8 Å². The minimum absolute atomic E-state index is 0.133. The number of hydrogen-bond acceptors (Lipinski definition) is 1. The third-order valence-corrected chi connectivity index (χ3v) is 0.677. The molecule has 0 saturated carbocycles. The number of hydrogen-bond donors (Lipinski definition) is 2. The molecule has 0 radical (unpaired) electrons. The van der Waals surface area contributed by atoms with Crippen LogP contribution in [0.25, 0.3) is 0 Å². The summed E-state index contributed by atoms with van der Waals surface area (Å²) in [7, 11) is 0. The van der Waals surface area contributed by atoms with Crippen molar-refractivity contribution < 1.29 is 4.79 Å². The van der Waals surface area contributed by atoms with Crippen LogP contribution in [0.4, 0.5) is 4.79 Å². The van der Waals surface area contributed by atoms with Gasteiger partial charge in [0.15, 0.2) is 0 Å². The standard InChI is InChI=1S/C4H9ClN2O/c1-3(2)6-4(8)7-5/h3H,1-2H3,(H2,6,7,8). The summed E-state index contributed by atoms with van der Waals surface area (Å²) >= 11 is 4.93. The molecule has 8 heavy (non-hydrogen) atoms. The largest absolute Gasteiger partial charge is 0.335 e. The first-order valence-electron chi connectivity index (χ1n) is 2.34. The number of urea groups is 1. The number of nitrogens with one attached hydrogen (secondary N) is 2. The number of carbonyl (C=O) groups is 1. The summed E-state index contributed by atoms with van der Waals surface area (Å²) in [5.74, 6) is 0. The van der Waals surface area contributed by atoms with Crippen LogP contribution < -0.4 is 10.2 Å². The van der Waals surface area contributed by atoms with Crippen LogP contribution in [0.2, 0.25) is 0 Å². The number of rotatable bonds is 1. The molecule has 0 aromatic rings. The second-order valence-electron chi connectivity index (χ2n) is 1.72. The first-order chi connectivity index (χ1) is 3.66. The van der Waals surface area contributed by atoms with E-state index in [0.717, 1.165) is 0 Å². The fraction of sp³-hybridized carbons (Fsp3) is 0.750. The van der Waals surface area contributed by atoms with E-state index in [1.165, 1.54) is 0 Å². The maximum absolute atomic E-state index is 10.3. The third kappa shape index (κ3) is 3.74. The lowest BCUT2D eigenvalue weighted by Gasteiger charge is -2.04. The maximum Gasteiger partial charge on any atom is 0.329 e. The lowest BCUT2D eigenvalue weighted by atomic mass is 10.4. The van der Waals surface area contributed by atoms with Crippen LogP contribution in [0, 0.1) is 0 Å². The van der Waals surface area contributed by atoms with E-state index >= 15 is 0 Å². The number of amides is 2. The van der Waals surface area contributed by atoms with E-state index in [1.54, 1.807) is 0 Å². The molecule has 0 aliphatic rings. The van der Waals surface area contributed by atoms with Crippen LogP contribution in [0.5, 0.6) is 0 Å². The van der Waals surface area contributed by atoms with Gasteiger partial charge in [-0.05, 0) is 13.8 Å². The molecule has 3 nitrogen and oxygen atoms in total. The Hall–Kier alpha value is -0.440. The molecule has 0 saturated heterocycles. The van der Waals surface area contributed by atoms with Gasteiger partial charge in [0, 0.05) is 17.8 Å². The van der Waals surface area contributed by atoms with Gasteiger partial charge in [-0.1, -0.05) is 0 Å². The van der Waals surface area contributed by atoms with Crippen molar-refractivity contribution in [1.82, 2.24) is 10.2 Å². The Morgan fingerprint density at radius 1 is 1.62 bits per heavy atom. The zero-order chi connectivity index (χ0) is 6.57. The van der Waals surface area contributed by atoms with Gasteiger partial charge in [0.1, 0.15) is 0 Å². The highest BCUT2D eigenvalue weighted by Crippen LogP contribution is 1.75. The van der Waals surface area contributed by atoms with Crippen LogP contribution in [0.3, 0.4) is 0 Å². The molecule has 0 aromatic heterocycles. The van der Waals surface area contributed by atoms with Gasteiger partial charge in [0.25, 0.3) is 0 Å². The molecule has 48 valence electrons. The number of carbonyl (C=O) groups excluding carboxylic acids is 1. The second-order valence-corrected chi connectivity index (χ2v) is 1.91. The minimum atomic E-state index is -0.360. The Morgan fingerprint density at radius 2 is 2.12 bits per heavy atom. The Morgan fingerprint density at radius 3 is 2.25 bits per heavy atom. The van der Waals surface area contributed by atoms with Crippen LogP contribution in [0.15, 0.2) is 0 Å². The first-order valence-corrected chi connectivity index (χ1v) is 2.71. The van der Waals surface area contributed by atoms with Crippen molar-refractivity contribution in [2.75, 3.05) is 0 Å². The molecular weight excluding hydrogens is 128 g/mol. The molecule has 0 unspecified atom stereocenters. The predicted octanol–water partition coefficient (Wildman–Crippen LogP) is 0.848. The minimum Gasteiger partial charge on any atom is -0.335 e. The molecule has 4 heteroatoms. The van der Waals surface area contributed by atoms with Crippen molar-refractivity contribution in [3.05, 3.63) is 0 Å². The highest BCUT2D eigenvalue weighted by atomic mass is 35.5. The van der Waals surface area contributed by atoms with E-state index in [-0.39, 0.29) is 12.1 Å². The molecule has 0 fully saturated rings. The van der Waals surface area contributed by atoms with E-state index in [9.17, 15) is 4.79 Å². The van der Waals surface area contributed by atoms with Crippen molar-refractivity contribution >= 4 is 17.8 Å². The van der Waals surface area contributed by atoms with Gasteiger partial charge in [0.05, 0.1) is 0 Å². The fourth-order valence-corrected chi connectivity index (χ4v) is 0.344. The van der Waals surface area contributed by atoms with Gasteiger partial charge >= 0.3 is 6.03 Å². The molecule has 0 bridgehead atoms. The predicted molar refractivity (Wildman–Crippen MR) is 32.7 cm³/mol. The molecule has 0 aliphatic carbocycles. The molecule has 0 rings (SSSR count). The second kappa shape index (κ2) is 3.55. The molecule has 0 atom stereocenters. The molecule has 0 aliphatic heterocycles. The summed E-state index contributed by atoms with van der Waals surface area (Å²) in [5, 5.41) is 2.51. The topological polar surface area (TPSA) is 41.1 Å². The maximum atomic E-state index is 10.3. The van der Waals surface area contributed by atoms with Gasteiger partial charge in [-0.25, -0.2) is 9.63 Å². The average Bonchev–Trinajstić information content (AvgIpc) is 1.65. The van der Waals surface area contributed by atoms with Gasteiger partial charge < -0.3 is 5.32 Å². The van der Waals surface area contributed by atoms with E-state index in [2.05, 4.69) is 5.32 Å². The van der Waals surface area contributed by atoms with E-state index in [4.69, 9.17) is 11.8 Å². The van der Waals surface area contributed by atoms with Crippen molar-refractivity contribution in [1.29, 1.82) is 0 Å².